The minimum absolute atomic E-state index is 0.0673. The first-order valence-electron chi connectivity index (χ1n) is 10.3. The van der Waals surface area contributed by atoms with Crippen molar-refractivity contribution in [2.24, 2.45) is 0 Å². The molecule has 0 bridgehead atoms. The van der Waals surface area contributed by atoms with Crippen LogP contribution < -0.4 is 0 Å². The van der Waals surface area contributed by atoms with Gasteiger partial charge in [0, 0.05) is 24.8 Å². The molecule has 1 amide bonds. The molecule has 0 spiro atoms. The lowest BCUT2D eigenvalue weighted by Gasteiger charge is -2.27. The van der Waals surface area contributed by atoms with Gasteiger partial charge in [-0.1, -0.05) is 18.2 Å². The molecule has 5 rings (SSSR count). The molecule has 0 saturated carbocycles. The average molecular weight is 426 g/mol. The summed E-state index contributed by atoms with van der Waals surface area (Å²) in [6.45, 7) is 1.88. The van der Waals surface area contributed by atoms with Gasteiger partial charge in [0.25, 0.3) is 5.91 Å². The first-order chi connectivity index (χ1) is 15.6. The third-order valence-corrected chi connectivity index (χ3v) is 5.65. The van der Waals surface area contributed by atoms with Crippen LogP contribution in [0.4, 0.5) is 4.39 Å². The number of amides is 1. The van der Waals surface area contributed by atoms with Crippen molar-refractivity contribution in [1.82, 2.24) is 14.3 Å². The van der Waals surface area contributed by atoms with Crippen LogP contribution in [0.2, 0.25) is 0 Å². The molecule has 0 aliphatic carbocycles. The Morgan fingerprint density at radius 3 is 2.44 bits per heavy atom. The van der Waals surface area contributed by atoms with E-state index in [4.69, 9.17) is 10.00 Å². The molecule has 2 aromatic carbocycles. The molecule has 4 aromatic rings. The number of ether oxygens (including phenoxy) is 1. The molecule has 2 aromatic heterocycles. The number of aromatic nitrogens is 2. The lowest BCUT2D eigenvalue weighted by Crippen LogP contribution is -2.41. The molecule has 0 unspecified atom stereocenters. The van der Waals surface area contributed by atoms with Crippen molar-refractivity contribution in [1.29, 1.82) is 5.26 Å². The van der Waals surface area contributed by atoms with E-state index >= 15 is 0 Å². The van der Waals surface area contributed by atoms with Crippen LogP contribution in [-0.4, -0.2) is 46.5 Å². The maximum atomic E-state index is 14.9. The van der Waals surface area contributed by atoms with E-state index in [0.29, 0.717) is 37.4 Å². The van der Waals surface area contributed by atoms with Gasteiger partial charge < -0.3 is 9.64 Å². The average Bonchev–Trinajstić information content (AvgIpc) is 3.27. The first-order valence-corrected chi connectivity index (χ1v) is 10.3. The molecular weight excluding hydrogens is 407 g/mol. The standard InChI is InChI=1S/C25H19FN4O2/c26-22-13-19(5-7-21(22)25(31)29-9-11-32-12-10-29)20-6-8-24-28-15-23(30(24)16-20)18-3-1-17(14-27)2-4-18/h1-8,13,15-16H,9-12H2. The molecule has 1 aliphatic rings. The smallest absolute Gasteiger partial charge is 0.256 e. The number of nitriles is 1. The van der Waals surface area contributed by atoms with E-state index in [2.05, 4.69) is 11.1 Å². The molecule has 0 radical (unpaired) electrons. The molecule has 0 N–H and O–H groups in total. The Kier molecular flexibility index (Phi) is 5.13. The number of imidazole rings is 1. The van der Waals surface area contributed by atoms with Gasteiger partial charge >= 0.3 is 0 Å². The highest BCUT2D eigenvalue weighted by Gasteiger charge is 2.21. The number of hydrogen-bond acceptors (Lipinski definition) is 4. The Morgan fingerprint density at radius 2 is 1.72 bits per heavy atom. The summed E-state index contributed by atoms with van der Waals surface area (Å²) in [5.41, 5.74) is 4.67. The van der Waals surface area contributed by atoms with Crippen LogP contribution in [0.5, 0.6) is 0 Å². The molecular formula is C25H19FN4O2. The topological polar surface area (TPSA) is 70.6 Å². The van der Waals surface area contributed by atoms with Crippen LogP contribution in [0.3, 0.4) is 0 Å². The second-order valence-corrected chi connectivity index (χ2v) is 7.58. The number of halogens is 1. The molecule has 158 valence electrons. The second-order valence-electron chi connectivity index (χ2n) is 7.58. The van der Waals surface area contributed by atoms with E-state index in [0.717, 1.165) is 22.5 Å². The normalized spacial score (nSPS) is 13.8. The Hall–Kier alpha value is -4.02. The van der Waals surface area contributed by atoms with E-state index in [1.165, 1.54) is 6.07 Å². The van der Waals surface area contributed by atoms with Crippen molar-refractivity contribution in [2.75, 3.05) is 26.3 Å². The van der Waals surface area contributed by atoms with Gasteiger partial charge in [0.05, 0.1) is 42.3 Å². The fourth-order valence-corrected chi connectivity index (χ4v) is 3.89. The van der Waals surface area contributed by atoms with Gasteiger partial charge in [0.1, 0.15) is 11.5 Å². The Morgan fingerprint density at radius 1 is 1.00 bits per heavy atom. The van der Waals surface area contributed by atoms with Gasteiger partial charge in [-0.05, 0) is 47.5 Å². The van der Waals surface area contributed by atoms with E-state index in [9.17, 15) is 9.18 Å². The van der Waals surface area contributed by atoms with Gasteiger partial charge in [-0.25, -0.2) is 9.37 Å². The molecule has 1 aliphatic heterocycles. The summed E-state index contributed by atoms with van der Waals surface area (Å²) in [5.74, 6) is -0.859. The van der Waals surface area contributed by atoms with Gasteiger partial charge in [-0.2, -0.15) is 5.26 Å². The largest absolute Gasteiger partial charge is 0.378 e. The van der Waals surface area contributed by atoms with Crippen molar-refractivity contribution in [2.45, 2.75) is 0 Å². The van der Waals surface area contributed by atoms with E-state index in [1.807, 2.05) is 34.9 Å². The number of hydrogen-bond donors (Lipinski definition) is 0. The van der Waals surface area contributed by atoms with Gasteiger partial charge in [0.15, 0.2) is 0 Å². The molecule has 32 heavy (non-hydrogen) atoms. The highest BCUT2D eigenvalue weighted by Crippen LogP contribution is 2.27. The Balaban J connectivity index is 1.48. The number of fused-ring (bicyclic) bond motifs is 1. The predicted molar refractivity (Wildman–Crippen MR) is 117 cm³/mol. The highest BCUT2D eigenvalue weighted by molar-refractivity contribution is 5.95. The predicted octanol–water partition coefficient (Wildman–Crippen LogP) is 4.15. The van der Waals surface area contributed by atoms with Gasteiger partial charge in [0.2, 0.25) is 0 Å². The fraction of sp³-hybridized carbons (Fsp3) is 0.160. The maximum Gasteiger partial charge on any atom is 0.256 e. The summed E-state index contributed by atoms with van der Waals surface area (Å²) in [6.07, 6.45) is 3.67. The van der Waals surface area contributed by atoms with Crippen LogP contribution in [-0.2, 0) is 4.74 Å². The number of pyridine rings is 1. The highest BCUT2D eigenvalue weighted by atomic mass is 19.1. The lowest BCUT2D eigenvalue weighted by atomic mass is 10.0. The fourth-order valence-electron chi connectivity index (χ4n) is 3.89. The first kappa shape index (κ1) is 19.9. The van der Waals surface area contributed by atoms with Crippen LogP contribution in [0.1, 0.15) is 15.9 Å². The van der Waals surface area contributed by atoms with Crippen molar-refractivity contribution in [3.8, 4) is 28.5 Å². The van der Waals surface area contributed by atoms with Crippen LogP contribution in [0.25, 0.3) is 28.0 Å². The third-order valence-electron chi connectivity index (χ3n) is 5.65. The molecule has 1 saturated heterocycles. The number of carbonyl (C=O) groups is 1. The van der Waals surface area contributed by atoms with Gasteiger partial charge in [-0.15, -0.1) is 0 Å². The van der Waals surface area contributed by atoms with Crippen molar-refractivity contribution in [3.63, 3.8) is 0 Å². The van der Waals surface area contributed by atoms with Crippen LogP contribution >= 0.6 is 0 Å². The number of nitrogens with zero attached hydrogens (tertiary/aromatic N) is 4. The molecule has 1 fully saturated rings. The molecule has 7 heteroatoms. The Bertz CT molecular complexity index is 1350. The van der Waals surface area contributed by atoms with Crippen LogP contribution in [0.15, 0.2) is 67.0 Å². The van der Waals surface area contributed by atoms with E-state index in [-0.39, 0.29) is 11.5 Å². The van der Waals surface area contributed by atoms with Crippen molar-refractivity contribution < 1.29 is 13.9 Å². The quantitative estimate of drug-likeness (QED) is 0.493. The van der Waals surface area contributed by atoms with Gasteiger partial charge in [-0.3, -0.25) is 9.20 Å². The zero-order valence-corrected chi connectivity index (χ0v) is 17.2. The zero-order chi connectivity index (χ0) is 22.1. The minimum atomic E-state index is -0.544. The van der Waals surface area contributed by atoms with E-state index < -0.39 is 5.82 Å². The summed E-state index contributed by atoms with van der Waals surface area (Å²) in [7, 11) is 0. The zero-order valence-electron chi connectivity index (χ0n) is 17.2. The van der Waals surface area contributed by atoms with Crippen molar-refractivity contribution >= 4 is 11.6 Å². The summed E-state index contributed by atoms with van der Waals surface area (Å²) in [6, 6.07) is 17.8. The SMILES string of the molecule is N#Cc1ccc(-c2cnc3ccc(-c4ccc(C(=O)N5CCOCC5)c(F)c4)cn23)cc1. The summed E-state index contributed by atoms with van der Waals surface area (Å²) in [4.78, 5) is 18.7. The lowest BCUT2D eigenvalue weighted by molar-refractivity contribution is 0.0300. The molecule has 0 atom stereocenters. The number of carbonyl (C=O) groups excluding carboxylic acids is 1. The number of rotatable bonds is 3. The summed E-state index contributed by atoms with van der Waals surface area (Å²) < 4.78 is 22.1. The molecule has 3 heterocycles. The monoisotopic (exact) mass is 426 g/mol. The minimum Gasteiger partial charge on any atom is -0.378 e. The molecule has 6 nitrogen and oxygen atoms in total. The number of benzene rings is 2. The summed E-state index contributed by atoms with van der Waals surface area (Å²) in [5, 5.41) is 9.02. The number of morpholine rings is 1. The summed E-state index contributed by atoms with van der Waals surface area (Å²) >= 11 is 0. The Labute approximate surface area is 184 Å². The van der Waals surface area contributed by atoms with Crippen molar-refractivity contribution in [3.05, 3.63) is 83.9 Å². The van der Waals surface area contributed by atoms with E-state index in [1.54, 1.807) is 35.4 Å². The second kappa shape index (κ2) is 8.25. The van der Waals surface area contributed by atoms with Crippen LogP contribution in [0, 0.1) is 17.1 Å². The third kappa shape index (κ3) is 3.61. The maximum absolute atomic E-state index is 14.9.